The first-order valence-corrected chi connectivity index (χ1v) is 3.33. The van der Waals surface area contributed by atoms with Crippen LogP contribution in [-0.2, 0) is 19.3 Å². The first kappa shape index (κ1) is 13.3. The highest BCUT2D eigenvalue weighted by molar-refractivity contribution is 5.83. The lowest BCUT2D eigenvalue weighted by atomic mass is 10.2. The molecule has 0 radical (unpaired) electrons. The first-order valence-electron chi connectivity index (χ1n) is 3.33. The third kappa shape index (κ3) is 4.03. The number of nitrogens with zero attached hydrogens (tertiary/aromatic N) is 2. The van der Waals surface area contributed by atoms with Gasteiger partial charge in [0.15, 0.2) is 0 Å². The van der Waals surface area contributed by atoms with Gasteiger partial charge < -0.3 is 10.2 Å². The number of aliphatic carboxylic acids is 2. The van der Waals surface area contributed by atoms with Crippen molar-refractivity contribution in [2.75, 3.05) is 0 Å². The van der Waals surface area contributed by atoms with Gasteiger partial charge in [-0.1, -0.05) is 0 Å². The molecule has 0 bridgehead atoms. The zero-order valence-electron chi connectivity index (χ0n) is 7.21. The summed E-state index contributed by atoms with van der Waals surface area (Å²) in [4.78, 5) is 47.3. The maximum Gasteiger partial charge on any atom is 0.335 e. The second-order valence-corrected chi connectivity index (χ2v) is 2.18. The minimum absolute atomic E-state index is 1.60. The lowest BCUT2D eigenvalue weighted by molar-refractivity contribution is -0.792. The zero-order chi connectivity index (χ0) is 12.9. The van der Waals surface area contributed by atoms with Crippen LogP contribution in [0.4, 0.5) is 0 Å². The number of hydrogen-bond donors (Lipinski definition) is 2. The van der Waals surface area contributed by atoms with Gasteiger partial charge in [0.1, 0.15) is 0 Å². The molecule has 0 amide bonds. The van der Waals surface area contributed by atoms with Gasteiger partial charge in [0.05, 0.1) is 0 Å². The Bertz CT molecular complexity index is 293. The van der Waals surface area contributed by atoms with Crippen molar-refractivity contribution in [1.82, 2.24) is 0 Å². The zero-order valence-corrected chi connectivity index (χ0v) is 7.21. The standard InChI is InChI=1S/C4H4N2O10/c7-3(8)1(15-5(11)12)2(4(9)10)16-6(13)14/h1-2H,(H,7,8)(H,9,10). The van der Waals surface area contributed by atoms with Crippen molar-refractivity contribution in [3.05, 3.63) is 20.2 Å². The number of carboxylic acids is 2. The van der Waals surface area contributed by atoms with Crippen molar-refractivity contribution in [1.29, 1.82) is 0 Å². The first-order chi connectivity index (χ1) is 7.25. The predicted octanol–water partition coefficient (Wildman–Crippen LogP) is -1.69. The summed E-state index contributed by atoms with van der Waals surface area (Å²) >= 11 is 0. The average Bonchev–Trinajstić information content (AvgIpc) is 2.09. The molecule has 2 unspecified atom stereocenters. The lowest BCUT2D eigenvalue weighted by Crippen LogP contribution is -2.45. The van der Waals surface area contributed by atoms with Crippen molar-refractivity contribution >= 4 is 11.9 Å². The molecule has 0 fully saturated rings. The molecule has 12 heteroatoms. The summed E-state index contributed by atoms with van der Waals surface area (Å²) in [6, 6.07) is 0. The lowest BCUT2D eigenvalue weighted by Gasteiger charge is -2.15. The van der Waals surface area contributed by atoms with E-state index in [1.165, 1.54) is 0 Å². The van der Waals surface area contributed by atoms with Gasteiger partial charge in [-0.05, 0) is 0 Å². The quantitative estimate of drug-likeness (QED) is 0.384. The van der Waals surface area contributed by atoms with E-state index in [2.05, 4.69) is 9.68 Å². The van der Waals surface area contributed by atoms with E-state index in [-0.39, 0.29) is 0 Å². The smallest absolute Gasteiger partial charge is 0.335 e. The third-order valence-corrected chi connectivity index (χ3v) is 1.16. The molecule has 90 valence electrons. The van der Waals surface area contributed by atoms with E-state index in [0.29, 0.717) is 0 Å². The molecule has 0 heterocycles. The van der Waals surface area contributed by atoms with Gasteiger partial charge in [0, 0.05) is 0 Å². The molecular weight excluding hydrogens is 236 g/mol. The molecule has 16 heavy (non-hydrogen) atoms. The van der Waals surface area contributed by atoms with Gasteiger partial charge in [-0.3, -0.25) is 9.68 Å². The van der Waals surface area contributed by atoms with Gasteiger partial charge in [-0.25, -0.2) is 9.59 Å². The van der Waals surface area contributed by atoms with E-state index in [0.717, 1.165) is 0 Å². The molecule has 0 aliphatic carbocycles. The van der Waals surface area contributed by atoms with Crippen LogP contribution in [0.15, 0.2) is 0 Å². The Morgan fingerprint density at radius 1 is 0.938 bits per heavy atom. The van der Waals surface area contributed by atoms with Crippen LogP contribution in [0.2, 0.25) is 0 Å². The Kier molecular flexibility index (Phi) is 4.40. The summed E-state index contributed by atoms with van der Waals surface area (Å²) < 4.78 is 0. The minimum atomic E-state index is -2.64. The molecule has 0 saturated heterocycles. The van der Waals surface area contributed by atoms with E-state index in [4.69, 9.17) is 10.2 Å². The topological polar surface area (TPSA) is 179 Å². The monoisotopic (exact) mass is 240 g/mol. The van der Waals surface area contributed by atoms with Gasteiger partial charge in [-0.2, -0.15) is 0 Å². The number of hydrogen-bond acceptors (Lipinski definition) is 8. The van der Waals surface area contributed by atoms with Gasteiger partial charge >= 0.3 is 11.9 Å². The van der Waals surface area contributed by atoms with E-state index in [1.807, 2.05) is 0 Å². The number of rotatable bonds is 7. The van der Waals surface area contributed by atoms with E-state index in [1.54, 1.807) is 0 Å². The molecule has 2 N–H and O–H groups in total. The molecule has 0 aliphatic heterocycles. The second-order valence-electron chi connectivity index (χ2n) is 2.18. The summed E-state index contributed by atoms with van der Waals surface area (Å²) in [7, 11) is 0. The fraction of sp³-hybridized carbons (Fsp3) is 0.500. The molecule has 0 rings (SSSR count). The largest absolute Gasteiger partial charge is 0.480 e. The summed E-state index contributed by atoms with van der Waals surface area (Å²) in [5.74, 6) is -4.18. The molecule has 2 atom stereocenters. The van der Waals surface area contributed by atoms with Crippen molar-refractivity contribution in [2.24, 2.45) is 0 Å². The van der Waals surface area contributed by atoms with Crippen LogP contribution >= 0.6 is 0 Å². The van der Waals surface area contributed by atoms with Crippen LogP contribution in [0.3, 0.4) is 0 Å². The highest BCUT2D eigenvalue weighted by Crippen LogP contribution is 2.06. The van der Waals surface area contributed by atoms with Crippen LogP contribution in [0.1, 0.15) is 0 Å². The number of carbonyl (C=O) groups is 2. The summed E-state index contributed by atoms with van der Waals surface area (Å²) in [5.41, 5.74) is 0. The van der Waals surface area contributed by atoms with Crippen LogP contribution in [0.25, 0.3) is 0 Å². The molecule has 0 aromatic rings. The summed E-state index contributed by atoms with van der Waals surface area (Å²) in [5, 5.41) is 33.2. The fourth-order valence-electron chi connectivity index (χ4n) is 0.645. The third-order valence-electron chi connectivity index (χ3n) is 1.16. The van der Waals surface area contributed by atoms with Crippen LogP contribution in [0.5, 0.6) is 0 Å². The Morgan fingerprint density at radius 2 is 1.19 bits per heavy atom. The van der Waals surface area contributed by atoms with Crippen molar-refractivity contribution < 1.29 is 39.7 Å². The van der Waals surface area contributed by atoms with Gasteiger partial charge in [0.25, 0.3) is 10.2 Å². The average molecular weight is 240 g/mol. The molecule has 0 saturated carbocycles. The molecule has 0 aromatic carbocycles. The van der Waals surface area contributed by atoms with Gasteiger partial charge in [0.2, 0.25) is 12.2 Å². The Labute approximate surface area is 85.2 Å². The molecule has 12 nitrogen and oxygen atoms in total. The maximum atomic E-state index is 10.4. The Morgan fingerprint density at radius 3 is 1.31 bits per heavy atom. The normalized spacial score (nSPS) is 13.2. The minimum Gasteiger partial charge on any atom is -0.480 e. The second kappa shape index (κ2) is 5.28. The van der Waals surface area contributed by atoms with Gasteiger partial charge in [-0.15, -0.1) is 20.2 Å². The van der Waals surface area contributed by atoms with E-state index >= 15 is 0 Å². The molecular formula is C4H4N2O10. The molecule has 0 aliphatic rings. The summed E-state index contributed by atoms with van der Waals surface area (Å²) in [6.45, 7) is 0. The van der Waals surface area contributed by atoms with Crippen LogP contribution in [-0.4, -0.2) is 44.5 Å². The highest BCUT2D eigenvalue weighted by atomic mass is 17.0. The Balaban J connectivity index is 4.93. The number of carboxylic acid groups (broad SMARTS) is 2. The molecule has 0 spiro atoms. The predicted molar refractivity (Wildman–Crippen MR) is 39.0 cm³/mol. The fourth-order valence-corrected chi connectivity index (χ4v) is 0.645. The van der Waals surface area contributed by atoms with E-state index < -0.39 is 34.3 Å². The summed E-state index contributed by atoms with van der Waals surface area (Å²) in [6.07, 6.45) is -5.28. The SMILES string of the molecule is O=C(O)C(O[N+](=O)[O-])C(O[N+](=O)[O-])C(=O)O. The highest BCUT2D eigenvalue weighted by Gasteiger charge is 2.40. The van der Waals surface area contributed by atoms with E-state index in [9.17, 15) is 29.8 Å². The Hall–Kier alpha value is -2.66. The van der Waals surface area contributed by atoms with Crippen LogP contribution < -0.4 is 0 Å². The van der Waals surface area contributed by atoms with Crippen molar-refractivity contribution in [2.45, 2.75) is 12.2 Å². The van der Waals surface area contributed by atoms with Crippen molar-refractivity contribution in [3.8, 4) is 0 Å². The van der Waals surface area contributed by atoms with Crippen LogP contribution in [0, 0.1) is 20.2 Å². The molecule has 0 aromatic heterocycles. The maximum absolute atomic E-state index is 10.4. The van der Waals surface area contributed by atoms with Crippen molar-refractivity contribution in [3.63, 3.8) is 0 Å².